The Labute approximate surface area is 132 Å². The molecule has 5 heteroatoms. The third kappa shape index (κ3) is 3.03. The first kappa shape index (κ1) is 15.5. The molecule has 1 aliphatic heterocycles. The zero-order valence-corrected chi connectivity index (χ0v) is 13.8. The van der Waals surface area contributed by atoms with Crippen molar-refractivity contribution >= 4 is 5.91 Å². The van der Waals surface area contributed by atoms with Gasteiger partial charge in [0.2, 0.25) is 11.8 Å². The minimum atomic E-state index is -0.00726. The summed E-state index contributed by atoms with van der Waals surface area (Å²) in [4.78, 5) is 19.4. The average molecular weight is 305 g/mol. The van der Waals surface area contributed by atoms with E-state index in [0.717, 1.165) is 50.9 Å². The maximum atomic E-state index is 12.8. The third-order valence-corrected chi connectivity index (χ3v) is 5.29. The number of rotatable bonds is 4. The second kappa shape index (κ2) is 6.80. The molecule has 2 fully saturated rings. The van der Waals surface area contributed by atoms with Crippen molar-refractivity contribution in [2.75, 3.05) is 6.54 Å². The molecule has 0 unspecified atom stereocenters. The highest BCUT2D eigenvalue weighted by atomic mass is 16.5. The summed E-state index contributed by atoms with van der Waals surface area (Å²) in [6.45, 7) is 5.06. The van der Waals surface area contributed by atoms with Crippen LogP contribution in [0.2, 0.25) is 0 Å². The Hall–Kier alpha value is -1.39. The maximum absolute atomic E-state index is 12.8. The number of piperidine rings is 1. The number of aromatic nitrogens is 2. The summed E-state index contributed by atoms with van der Waals surface area (Å²) in [7, 11) is 0. The number of hydrogen-bond donors (Lipinski definition) is 0. The van der Waals surface area contributed by atoms with Crippen molar-refractivity contribution in [3.05, 3.63) is 11.7 Å². The molecule has 0 bridgehead atoms. The second-order valence-corrected chi connectivity index (χ2v) is 6.82. The van der Waals surface area contributed by atoms with E-state index in [1.165, 1.54) is 12.8 Å². The van der Waals surface area contributed by atoms with Gasteiger partial charge in [-0.05, 0) is 38.5 Å². The molecule has 3 rings (SSSR count). The summed E-state index contributed by atoms with van der Waals surface area (Å²) in [6, 6.07) is -0.00726. The van der Waals surface area contributed by atoms with Crippen molar-refractivity contribution in [3.8, 4) is 0 Å². The lowest BCUT2D eigenvalue weighted by atomic mass is 9.98. The normalized spacial score (nSPS) is 24.6. The van der Waals surface area contributed by atoms with Crippen LogP contribution < -0.4 is 0 Å². The Bertz CT molecular complexity index is 508. The van der Waals surface area contributed by atoms with E-state index in [1.807, 2.05) is 4.90 Å². The third-order valence-electron chi connectivity index (χ3n) is 5.29. The SMILES string of the molecule is CC[C@H](C)c1noc([C@H]2CCCCN2C(=O)C2CCCC2)n1. The highest BCUT2D eigenvalue weighted by Gasteiger charge is 2.36. The number of amides is 1. The van der Waals surface area contributed by atoms with Gasteiger partial charge in [0.15, 0.2) is 5.82 Å². The predicted molar refractivity (Wildman–Crippen MR) is 83.3 cm³/mol. The van der Waals surface area contributed by atoms with Gasteiger partial charge in [-0.1, -0.05) is 31.8 Å². The van der Waals surface area contributed by atoms with Crippen LogP contribution in [0.1, 0.15) is 88.9 Å². The second-order valence-electron chi connectivity index (χ2n) is 6.82. The highest BCUT2D eigenvalue weighted by molar-refractivity contribution is 5.79. The molecule has 2 aliphatic rings. The van der Waals surface area contributed by atoms with Crippen LogP contribution in [0.5, 0.6) is 0 Å². The molecule has 1 aliphatic carbocycles. The molecule has 2 heterocycles. The first-order chi connectivity index (χ1) is 10.7. The van der Waals surface area contributed by atoms with Gasteiger partial charge in [0.05, 0.1) is 0 Å². The van der Waals surface area contributed by atoms with E-state index in [9.17, 15) is 4.79 Å². The molecule has 0 radical (unpaired) electrons. The van der Waals surface area contributed by atoms with Crippen molar-refractivity contribution in [2.45, 2.75) is 77.2 Å². The van der Waals surface area contributed by atoms with Crippen LogP contribution in [0.25, 0.3) is 0 Å². The van der Waals surface area contributed by atoms with E-state index >= 15 is 0 Å². The number of hydrogen-bond acceptors (Lipinski definition) is 4. The van der Waals surface area contributed by atoms with E-state index in [0.29, 0.717) is 17.7 Å². The van der Waals surface area contributed by atoms with Crippen molar-refractivity contribution in [3.63, 3.8) is 0 Å². The molecule has 122 valence electrons. The monoisotopic (exact) mass is 305 g/mol. The summed E-state index contributed by atoms with van der Waals surface area (Å²) < 4.78 is 5.52. The van der Waals surface area contributed by atoms with E-state index in [2.05, 4.69) is 24.0 Å². The van der Waals surface area contributed by atoms with Gasteiger partial charge >= 0.3 is 0 Å². The topological polar surface area (TPSA) is 59.2 Å². The summed E-state index contributed by atoms with van der Waals surface area (Å²) in [6.07, 6.45) is 8.62. The first-order valence-corrected chi connectivity index (χ1v) is 8.84. The Kier molecular flexibility index (Phi) is 4.79. The molecule has 1 aromatic heterocycles. The largest absolute Gasteiger partial charge is 0.337 e. The van der Waals surface area contributed by atoms with Crippen molar-refractivity contribution < 1.29 is 9.32 Å². The number of nitrogens with zero attached hydrogens (tertiary/aromatic N) is 3. The van der Waals surface area contributed by atoms with Crippen LogP contribution in [-0.4, -0.2) is 27.5 Å². The molecule has 22 heavy (non-hydrogen) atoms. The Morgan fingerprint density at radius 3 is 2.73 bits per heavy atom. The molecule has 1 saturated carbocycles. The molecule has 0 aromatic carbocycles. The molecule has 1 saturated heterocycles. The Balaban J connectivity index is 1.77. The van der Waals surface area contributed by atoms with Crippen LogP contribution in [0, 0.1) is 5.92 Å². The van der Waals surface area contributed by atoms with Crippen LogP contribution >= 0.6 is 0 Å². The van der Waals surface area contributed by atoms with E-state index in [1.54, 1.807) is 0 Å². The standard InChI is InChI=1S/C17H27N3O2/c1-3-12(2)15-18-16(22-19-15)14-10-6-7-11-20(14)17(21)13-8-4-5-9-13/h12-14H,3-11H2,1-2H3/t12-,14+/m0/s1. The number of likely N-dealkylation sites (tertiary alicyclic amines) is 1. The van der Waals surface area contributed by atoms with E-state index in [4.69, 9.17) is 4.52 Å². The number of carbonyl (C=O) groups excluding carboxylic acids is 1. The van der Waals surface area contributed by atoms with Gasteiger partial charge in [-0.2, -0.15) is 4.98 Å². The lowest BCUT2D eigenvalue weighted by molar-refractivity contribution is -0.140. The molecule has 1 amide bonds. The van der Waals surface area contributed by atoms with Gasteiger partial charge in [0.1, 0.15) is 6.04 Å². The van der Waals surface area contributed by atoms with Crippen LogP contribution in [0.15, 0.2) is 4.52 Å². The first-order valence-electron chi connectivity index (χ1n) is 8.84. The molecule has 5 nitrogen and oxygen atoms in total. The highest BCUT2D eigenvalue weighted by Crippen LogP contribution is 2.35. The fourth-order valence-corrected chi connectivity index (χ4v) is 3.62. The molecule has 0 N–H and O–H groups in total. The van der Waals surface area contributed by atoms with Crippen LogP contribution in [0.3, 0.4) is 0 Å². The zero-order chi connectivity index (χ0) is 15.5. The summed E-state index contributed by atoms with van der Waals surface area (Å²) >= 11 is 0. The minimum absolute atomic E-state index is 0.00726. The number of carbonyl (C=O) groups is 1. The predicted octanol–water partition coefficient (Wildman–Crippen LogP) is 3.83. The fourth-order valence-electron chi connectivity index (χ4n) is 3.62. The van der Waals surface area contributed by atoms with Gasteiger partial charge in [0, 0.05) is 18.4 Å². The van der Waals surface area contributed by atoms with E-state index < -0.39 is 0 Å². The lowest BCUT2D eigenvalue weighted by Crippen LogP contribution is -2.41. The van der Waals surface area contributed by atoms with Crippen molar-refractivity contribution in [2.24, 2.45) is 5.92 Å². The van der Waals surface area contributed by atoms with Crippen LogP contribution in [0.4, 0.5) is 0 Å². The lowest BCUT2D eigenvalue weighted by Gasteiger charge is -2.35. The van der Waals surface area contributed by atoms with Gasteiger partial charge < -0.3 is 9.42 Å². The molecule has 2 atom stereocenters. The van der Waals surface area contributed by atoms with Crippen LogP contribution in [-0.2, 0) is 4.79 Å². The molecular formula is C17H27N3O2. The van der Waals surface area contributed by atoms with Gasteiger partial charge in [-0.15, -0.1) is 0 Å². The van der Waals surface area contributed by atoms with Gasteiger partial charge in [-0.3, -0.25) is 4.79 Å². The zero-order valence-electron chi connectivity index (χ0n) is 13.8. The van der Waals surface area contributed by atoms with Crippen molar-refractivity contribution in [1.82, 2.24) is 15.0 Å². The summed E-state index contributed by atoms with van der Waals surface area (Å²) in [5.41, 5.74) is 0. The fraction of sp³-hybridized carbons (Fsp3) is 0.824. The smallest absolute Gasteiger partial charge is 0.249 e. The Morgan fingerprint density at radius 2 is 2.00 bits per heavy atom. The average Bonchev–Trinajstić information content (AvgIpc) is 3.25. The maximum Gasteiger partial charge on any atom is 0.249 e. The molecule has 0 spiro atoms. The molecular weight excluding hydrogens is 278 g/mol. The quantitative estimate of drug-likeness (QED) is 0.848. The van der Waals surface area contributed by atoms with Crippen molar-refractivity contribution in [1.29, 1.82) is 0 Å². The minimum Gasteiger partial charge on any atom is -0.337 e. The molecule has 1 aromatic rings. The summed E-state index contributed by atoms with van der Waals surface area (Å²) in [5.74, 6) is 2.25. The Morgan fingerprint density at radius 1 is 1.27 bits per heavy atom. The van der Waals surface area contributed by atoms with E-state index in [-0.39, 0.29) is 12.0 Å². The summed E-state index contributed by atoms with van der Waals surface area (Å²) in [5, 5.41) is 4.13. The van der Waals surface area contributed by atoms with Gasteiger partial charge in [0.25, 0.3) is 0 Å². The van der Waals surface area contributed by atoms with Gasteiger partial charge in [-0.25, -0.2) is 0 Å².